The fourth-order valence-corrected chi connectivity index (χ4v) is 2.11. The summed E-state index contributed by atoms with van der Waals surface area (Å²) in [6.07, 6.45) is 0.980. The van der Waals surface area contributed by atoms with Crippen LogP contribution in [0.2, 0.25) is 0 Å². The maximum atomic E-state index is 9.05. The molecular formula is C16H19N5. The van der Waals surface area contributed by atoms with E-state index in [4.69, 9.17) is 11.0 Å². The molecule has 21 heavy (non-hydrogen) atoms. The summed E-state index contributed by atoms with van der Waals surface area (Å²) in [5.74, 6) is 0.602. The summed E-state index contributed by atoms with van der Waals surface area (Å²) in [6, 6.07) is 11.5. The first-order valence-electron chi connectivity index (χ1n) is 6.97. The Labute approximate surface area is 125 Å². The second-order valence-electron chi connectivity index (χ2n) is 4.97. The molecule has 0 bridgehead atoms. The Bertz CT molecular complexity index is 643. The zero-order valence-corrected chi connectivity index (χ0v) is 12.4. The van der Waals surface area contributed by atoms with Crippen molar-refractivity contribution in [2.24, 2.45) is 0 Å². The molecule has 2 rings (SSSR count). The Balaban J connectivity index is 2.28. The van der Waals surface area contributed by atoms with Gasteiger partial charge in [0, 0.05) is 24.5 Å². The van der Waals surface area contributed by atoms with Crippen LogP contribution in [0, 0.1) is 18.3 Å². The van der Waals surface area contributed by atoms with E-state index in [-0.39, 0.29) is 0 Å². The van der Waals surface area contributed by atoms with Crippen LogP contribution in [0.25, 0.3) is 0 Å². The molecule has 0 unspecified atom stereocenters. The van der Waals surface area contributed by atoms with E-state index in [1.807, 2.05) is 31.2 Å². The summed E-state index contributed by atoms with van der Waals surface area (Å²) in [5, 5.41) is 9.05. The third-order valence-corrected chi connectivity index (χ3v) is 3.09. The average Bonchev–Trinajstić information content (AvgIpc) is 2.48. The lowest BCUT2D eigenvalue weighted by Gasteiger charge is -2.22. The van der Waals surface area contributed by atoms with E-state index in [0.29, 0.717) is 18.2 Å². The molecule has 0 radical (unpaired) electrons. The number of nitriles is 1. The van der Waals surface area contributed by atoms with Gasteiger partial charge in [0.1, 0.15) is 11.8 Å². The van der Waals surface area contributed by atoms with Gasteiger partial charge < -0.3 is 10.6 Å². The van der Waals surface area contributed by atoms with Gasteiger partial charge in [0.05, 0.1) is 0 Å². The lowest BCUT2D eigenvalue weighted by atomic mass is 10.2. The van der Waals surface area contributed by atoms with Crippen LogP contribution in [-0.4, -0.2) is 16.5 Å². The standard InChI is InChI=1S/C16H19N5/c1-3-8-21(11-13-4-6-14(18)7-5-13)16-19-12(2)9-15(10-17)20-16/h4-7,9H,3,8,11,18H2,1-2H3. The molecule has 1 aromatic carbocycles. The minimum Gasteiger partial charge on any atom is -0.399 e. The van der Waals surface area contributed by atoms with Gasteiger partial charge in [-0.1, -0.05) is 19.1 Å². The highest BCUT2D eigenvalue weighted by Crippen LogP contribution is 2.15. The number of hydrogen-bond donors (Lipinski definition) is 1. The Hall–Kier alpha value is -2.61. The second kappa shape index (κ2) is 6.71. The topological polar surface area (TPSA) is 78.8 Å². The predicted molar refractivity (Wildman–Crippen MR) is 83.7 cm³/mol. The summed E-state index contributed by atoms with van der Waals surface area (Å²) >= 11 is 0. The largest absolute Gasteiger partial charge is 0.399 e. The molecule has 0 fully saturated rings. The fraction of sp³-hybridized carbons (Fsp3) is 0.312. The second-order valence-corrected chi connectivity index (χ2v) is 4.97. The maximum Gasteiger partial charge on any atom is 0.227 e. The molecule has 2 aromatic rings. The van der Waals surface area contributed by atoms with E-state index < -0.39 is 0 Å². The molecule has 0 saturated heterocycles. The minimum absolute atomic E-state index is 0.399. The first-order chi connectivity index (χ1) is 10.1. The van der Waals surface area contributed by atoms with Gasteiger partial charge in [0.15, 0.2) is 0 Å². The lowest BCUT2D eigenvalue weighted by Crippen LogP contribution is -2.26. The molecule has 5 nitrogen and oxygen atoms in total. The molecule has 0 saturated carbocycles. The summed E-state index contributed by atoms with van der Waals surface area (Å²) in [7, 11) is 0. The summed E-state index contributed by atoms with van der Waals surface area (Å²) in [6.45, 7) is 5.51. The molecule has 0 aliphatic rings. The van der Waals surface area contributed by atoms with Gasteiger partial charge in [-0.2, -0.15) is 5.26 Å². The predicted octanol–water partition coefficient (Wildman–Crippen LogP) is 2.66. The number of nitrogens with two attached hydrogens (primary N) is 1. The highest BCUT2D eigenvalue weighted by molar-refractivity contribution is 5.42. The Morgan fingerprint density at radius 2 is 1.95 bits per heavy atom. The van der Waals surface area contributed by atoms with Crippen molar-refractivity contribution in [3.63, 3.8) is 0 Å². The molecule has 0 aliphatic heterocycles. The van der Waals surface area contributed by atoms with Crippen LogP contribution >= 0.6 is 0 Å². The van der Waals surface area contributed by atoms with Crippen molar-refractivity contribution in [1.82, 2.24) is 9.97 Å². The number of benzene rings is 1. The first kappa shape index (κ1) is 14.8. The Kier molecular flexibility index (Phi) is 4.72. The molecule has 0 amide bonds. The highest BCUT2D eigenvalue weighted by atomic mass is 15.2. The normalized spacial score (nSPS) is 10.1. The van der Waals surface area contributed by atoms with Crippen LogP contribution in [-0.2, 0) is 6.54 Å². The summed E-state index contributed by atoms with van der Waals surface area (Å²) in [5.41, 5.74) is 8.80. The van der Waals surface area contributed by atoms with Crippen LogP contribution < -0.4 is 10.6 Å². The number of anilines is 2. The average molecular weight is 281 g/mol. The number of hydrogen-bond acceptors (Lipinski definition) is 5. The van der Waals surface area contributed by atoms with Crippen LogP contribution in [0.15, 0.2) is 30.3 Å². The van der Waals surface area contributed by atoms with E-state index >= 15 is 0 Å². The van der Waals surface area contributed by atoms with Crippen molar-refractivity contribution in [1.29, 1.82) is 5.26 Å². The number of aromatic nitrogens is 2. The molecule has 0 spiro atoms. The van der Waals surface area contributed by atoms with E-state index in [1.165, 1.54) is 0 Å². The number of aryl methyl sites for hydroxylation is 1. The smallest absolute Gasteiger partial charge is 0.227 e. The number of nitrogen functional groups attached to an aromatic ring is 1. The van der Waals surface area contributed by atoms with Crippen LogP contribution in [0.4, 0.5) is 11.6 Å². The Morgan fingerprint density at radius 1 is 1.24 bits per heavy atom. The van der Waals surface area contributed by atoms with Crippen LogP contribution in [0.5, 0.6) is 0 Å². The summed E-state index contributed by atoms with van der Waals surface area (Å²) < 4.78 is 0. The number of nitrogens with zero attached hydrogens (tertiary/aromatic N) is 4. The quantitative estimate of drug-likeness (QED) is 0.852. The van der Waals surface area contributed by atoms with Crippen molar-refractivity contribution < 1.29 is 0 Å². The van der Waals surface area contributed by atoms with Crippen LogP contribution in [0.1, 0.15) is 30.3 Å². The van der Waals surface area contributed by atoms with E-state index in [2.05, 4.69) is 27.9 Å². The molecule has 1 aromatic heterocycles. The van der Waals surface area contributed by atoms with E-state index in [1.54, 1.807) is 6.07 Å². The van der Waals surface area contributed by atoms with Gasteiger partial charge in [-0.15, -0.1) is 0 Å². The van der Waals surface area contributed by atoms with Gasteiger partial charge in [-0.3, -0.25) is 0 Å². The third-order valence-electron chi connectivity index (χ3n) is 3.09. The van der Waals surface area contributed by atoms with Crippen molar-refractivity contribution >= 4 is 11.6 Å². The zero-order valence-electron chi connectivity index (χ0n) is 12.4. The van der Waals surface area contributed by atoms with Gasteiger partial charge in [-0.05, 0) is 37.1 Å². The minimum atomic E-state index is 0.399. The van der Waals surface area contributed by atoms with Gasteiger partial charge >= 0.3 is 0 Å². The van der Waals surface area contributed by atoms with Crippen molar-refractivity contribution in [3.05, 3.63) is 47.3 Å². The monoisotopic (exact) mass is 281 g/mol. The van der Waals surface area contributed by atoms with Gasteiger partial charge in [0.25, 0.3) is 0 Å². The van der Waals surface area contributed by atoms with Gasteiger partial charge in [0.2, 0.25) is 5.95 Å². The fourth-order valence-electron chi connectivity index (χ4n) is 2.11. The third kappa shape index (κ3) is 3.93. The van der Waals surface area contributed by atoms with Crippen molar-refractivity contribution in [2.75, 3.05) is 17.2 Å². The first-order valence-corrected chi connectivity index (χ1v) is 6.97. The van der Waals surface area contributed by atoms with Crippen molar-refractivity contribution in [3.8, 4) is 6.07 Å². The van der Waals surface area contributed by atoms with E-state index in [0.717, 1.165) is 29.9 Å². The zero-order chi connectivity index (χ0) is 15.2. The van der Waals surface area contributed by atoms with Crippen LogP contribution in [0.3, 0.4) is 0 Å². The molecule has 1 heterocycles. The Morgan fingerprint density at radius 3 is 2.57 bits per heavy atom. The summed E-state index contributed by atoms with van der Waals surface area (Å²) in [4.78, 5) is 10.8. The van der Waals surface area contributed by atoms with Crippen molar-refractivity contribution in [2.45, 2.75) is 26.8 Å². The van der Waals surface area contributed by atoms with Gasteiger partial charge in [-0.25, -0.2) is 9.97 Å². The molecule has 0 aliphatic carbocycles. The molecule has 5 heteroatoms. The molecular weight excluding hydrogens is 262 g/mol. The lowest BCUT2D eigenvalue weighted by molar-refractivity contribution is 0.735. The van der Waals surface area contributed by atoms with E-state index in [9.17, 15) is 0 Å². The molecule has 2 N–H and O–H groups in total. The maximum absolute atomic E-state index is 9.05. The number of rotatable bonds is 5. The SMILES string of the molecule is CCCN(Cc1ccc(N)cc1)c1nc(C)cc(C#N)n1. The molecule has 108 valence electrons. The highest BCUT2D eigenvalue weighted by Gasteiger charge is 2.11. The molecule has 0 atom stereocenters.